The Bertz CT molecular complexity index is 429. The molecule has 3 rings (SSSR count). The lowest BCUT2D eigenvalue weighted by molar-refractivity contribution is 0.205. The fourth-order valence-corrected chi connectivity index (χ4v) is 3.69. The summed E-state index contributed by atoms with van der Waals surface area (Å²) in [6, 6.07) is 9.26. The number of hydrogen-bond acceptors (Lipinski definition) is 3. The molecule has 20 heavy (non-hydrogen) atoms. The predicted octanol–water partition coefficient (Wildman–Crippen LogP) is 2.54. The molecule has 1 aliphatic heterocycles. The predicted molar refractivity (Wildman–Crippen MR) is 82.9 cm³/mol. The summed E-state index contributed by atoms with van der Waals surface area (Å²) < 4.78 is 0. The van der Waals surface area contributed by atoms with Crippen LogP contribution in [0.1, 0.15) is 37.7 Å². The Morgan fingerprint density at radius 2 is 1.90 bits per heavy atom. The molecule has 1 saturated heterocycles. The zero-order chi connectivity index (χ0) is 13.8. The smallest absolute Gasteiger partial charge is 0.0474 e. The van der Waals surface area contributed by atoms with Gasteiger partial charge in [-0.05, 0) is 43.2 Å². The number of nitrogens with one attached hydrogen (secondary N) is 1. The van der Waals surface area contributed by atoms with E-state index in [1.54, 1.807) is 0 Å². The number of anilines is 1. The lowest BCUT2D eigenvalue weighted by Gasteiger charge is -2.24. The maximum atomic E-state index is 9.41. The molecule has 0 spiro atoms. The standard InChI is InChI=1S/C17H26N2O/c20-13-15-7-5-8-16(15)18-12-14-6-1-2-9-17(14)19-10-3-4-11-19/h1-2,6,9,15-16,18,20H,3-5,7-8,10-13H2. The molecular formula is C17H26N2O. The summed E-state index contributed by atoms with van der Waals surface area (Å²) in [5, 5.41) is 13.1. The quantitative estimate of drug-likeness (QED) is 0.866. The molecule has 2 atom stereocenters. The fourth-order valence-electron chi connectivity index (χ4n) is 3.69. The Hall–Kier alpha value is -1.06. The average molecular weight is 274 g/mol. The molecule has 3 heteroatoms. The van der Waals surface area contributed by atoms with Gasteiger partial charge in [0.15, 0.2) is 0 Å². The van der Waals surface area contributed by atoms with Crippen molar-refractivity contribution in [3.05, 3.63) is 29.8 Å². The van der Waals surface area contributed by atoms with Crippen LogP contribution in [0.4, 0.5) is 5.69 Å². The molecule has 1 heterocycles. The van der Waals surface area contributed by atoms with E-state index >= 15 is 0 Å². The van der Waals surface area contributed by atoms with Gasteiger partial charge in [-0.1, -0.05) is 24.6 Å². The van der Waals surface area contributed by atoms with Crippen LogP contribution >= 0.6 is 0 Å². The van der Waals surface area contributed by atoms with Gasteiger partial charge in [0.05, 0.1) is 0 Å². The van der Waals surface area contributed by atoms with Crippen LogP contribution < -0.4 is 10.2 Å². The molecule has 1 aliphatic carbocycles. The van der Waals surface area contributed by atoms with Crippen LogP contribution in [0, 0.1) is 5.92 Å². The van der Waals surface area contributed by atoms with E-state index in [2.05, 4.69) is 34.5 Å². The second-order valence-corrected chi connectivity index (χ2v) is 6.18. The summed E-state index contributed by atoms with van der Waals surface area (Å²) in [4.78, 5) is 2.51. The minimum absolute atomic E-state index is 0.325. The first-order valence-corrected chi connectivity index (χ1v) is 8.05. The third-order valence-corrected chi connectivity index (χ3v) is 4.89. The highest BCUT2D eigenvalue weighted by Gasteiger charge is 2.26. The lowest BCUT2D eigenvalue weighted by atomic mass is 10.0. The summed E-state index contributed by atoms with van der Waals surface area (Å²) in [5.74, 6) is 0.453. The molecule has 2 fully saturated rings. The van der Waals surface area contributed by atoms with Gasteiger partial charge >= 0.3 is 0 Å². The van der Waals surface area contributed by atoms with Gasteiger partial charge in [0.1, 0.15) is 0 Å². The number of nitrogens with zero attached hydrogens (tertiary/aromatic N) is 1. The van der Waals surface area contributed by atoms with Crippen molar-refractivity contribution in [2.24, 2.45) is 5.92 Å². The van der Waals surface area contributed by atoms with Crippen molar-refractivity contribution < 1.29 is 5.11 Å². The van der Waals surface area contributed by atoms with Crippen molar-refractivity contribution in [3.8, 4) is 0 Å². The summed E-state index contributed by atoms with van der Waals surface area (Å²) in [6.07, 6.45) is 6.25. The third kappa shape index (κ3) is 2.99. The topological polar surface area (TPSA) is 35.5 Å². The van der Waals surface area contributed by atoms with Gasteiger partial charge in [0.25, 0.3) is 0 Å². The first kappa shape index (κ1) is 13.9. The zero-order valence-corrected chi connectivity index (χ0v) is 12.2. The van der Waals surface area contributed by atoms with Gasteiger partial charge < -0.3 is 15.3 Å². The molecule has 2 N–H and O–H groups in total. The summed E-state index contributed by atoms with van der Waals surface area (Å²) in [7, 11) is 0. The van der Waals surface area contributed by atoms with Crippen LogP contribution in [-0.4, -0.2) is 30.8 Å². The number of aliphatic hydroxyl groups excluding tert-OH is 1. The molecule has 0 aromatic heterocycles. The number of aliphatic hydroxyl groups is 1. The Morgan fingerprint density at radius 1 is 1.10 bits per heavy atom. The molecule has 0 radical (unpaired) electrons. The van der Waals surface area contributed by atoms with Gasteiger partial charge in [-0.3, -0.25) is 0 Å². The summed E-state index contributed by atoms with van der Waals surface area (Å²) in [5.41, 5.74) is 2.80. The molecule has 110 valence electrons. The number of rotatable bonds is 5. The molecule has 2 aliphatic rings. The molecule has 1 aromatic rings. The van der Waals surface area contributed by atoms with E-state index in [0.29, 0.717) is 18.6 Å². The van der Waals surface area contributed by atoms with Crippen molar-refractivity contribution >= 4 is 5.69 Å². The van der Waals surface area contributed by atoms with Crippen LogP contribution in [0.2, 0.25) is 0 Å². The second-order valence-electron chi connectivity index (χ2n) is 6.18. The van der Waals surface area contributed by atoms with Gasteiger partial charge in [-0.25, -0.2) is 0 Å². The Morgan fingerprint density at radius 3 is 2.70 bits per heavy atom. The van der Waals surface area contributed by atoms with E-state index < -0.39 is 0 Å². The first-order chi connectivity index (χ1) is 9.88. The van der Waals surface area contributed by atoms with Crippen LogP contribution in [0.5, 0.6) is 0 Å². The minimum Gasteiger partial charge on any atom is -0.396 e. The number of hydrogen-bond donors (Lipinski definition) is 2. The van der Waals surface area contributed by atoms with Gasteiger partial charge in [-0.2, -0.15) is 0 Å². The van der Waals surface area contributed by atoms with Crippen molar-refractivity contribution in [2.75, 3.05) is 24.6 Å². The van der Waals surface area contributed by atoms with E-state index in [1.165, 1.54) is 56.4 Å². The minimum atomic E-state index is 0.325. The van der Waals surface area contributed by atoms with E-state index in [0.717, 1.165) is 6.54 Å². The average Bonchev–Trinajstić information content (AvgIpc) is 3.16. The van der Waals surface area contributed by atoms with Crippen molar-refractivity contribution in [1.82, 2.24) is 5.32 Å². The Kier molecular flexibility index (Phi) is 4.58. The van der Waals surface area contributed by atoms with Gasteiger partial charge in [-0.15, -0.1) is 0 Å². The number of benzene rings is 1. The highest BCUT2D eigenvalue weighted by molar-refractivity contribution is 5.54. The molecule has 0 bridgehead atoms. The fraction of sp³-hybridized carbons (Fsp3) is 0.647. The lowest BCUT2D eigenvalue weighted by Crippen LogP contribution is -2.34. The molecule has 0 amide bonds. The van der Waals surface area contributed by atoms with Crippen LogP contribution in [0.3, 0.4) is 0 Å². The molecule has 1 saturated carbocycles. The maximum absolute atomic E-state index is 9.41. The van der Waals surface area contributed by atoms with Gasteiger partial charge in [0.2, 0.25) is 0 Å². The third-order valence-electron chi connectivity index (χ3n) is 4.89. The summed E-state index contributed by atoms with van der Waals surface area (Å²) >= 11 is 0. The monoisotopic (exact) mass is 274 g/mol. The summed E-state index contributed by atoms with van der Waals surface area (Å²) in [6.45, 7) is 3.64. The van der Waals surface area contributed by atoms with Gasteiger partial charge in [0, 0.05) is 38.0 Å². The molecular weight excluding hydrogens is 248 g/mol. The Balaban J connectivity index is 1.65. The molecule has 2 unspecified atom stereocenters. The van der Waals surface area contributed by atoms with E-state index in [-0.39, 0.29) is 0 Å². The molecule has 1 aromatic carbocycles. The second kappa shape index (κ2) is 6.59. The van der Waals surface area contributed by atoms with Crippen molar-refractivity contribution in [3.63, 3.8) is 0 Å². The molecule has 3 nitrogen and oxygen atoms in total. The van der Waals surface area contributed by atoms with E-state index in [1.807, 2.05) is 0 Å². The first-order valence-electron chi connectivity index (χ1n) is 8.05. The normalized spacial score (nSPS) is 26.4. The Labute approximate surface area is 122 Å². The SMILES string of the molecule is OCC1CCCC1NCc1ccccc1N1CCCC1. The number of para-hydroxylation sites is 1. The largest absolute Gasteiger partial charge is 0.396 e. The van der Waals surface area contributed by atoms with E-state index in [9.17, 15) is 5.11 Å². The van der Waals surface area contributed by atoms with Crippen LogP contribution in [0.15, 0.2) is 24.3 Å². The maximum Gasteiger partial charge on any atom is 0.0474 e. The van der Waals surface area contributed by atoms with Crippen molar-refractivity contribution in [1.29, 1.82) is 0 Å². The van der Waals surface area contributed by atoms with Crippen LogP contribution in [0.25, 0.3) is 0 Å². The van der Waals surface area contributed by atoms with E-state index in [4.69, 9.17) is 0 Å². The highest BCUT2D eigenvalue weighted by atomic mass is 16.3. The zero-order valence-electron chi connectivity index (χ0n) is 12.2. The van der Waals surface area contributed by atoms with Crippen LogP contribution in [-0.2, 0) is 6.54 Å². The highest BCUT2D eigenvalue weighted by Crippen LogP contribution is 2.27. The van der Waals surface area contributed by atoms with Crippen molar-refractivity contribution in [2.45, 2.75) is 44.7 Å².